The molecule has 0 saturated carbocycles. The summed E-state index contributed by atoms with van der Waals surface area (Å²) in [6.07, 6.45) is 0. The van der Waals surface area contributed by atoms with Crippen molar-refractivity contribution in [1.29, 1.82) is 0 Å². The third-order valence-corrected chi connectivity index (χ3v) is 2.92. The Labute approximate surface area is 126 Å². The van der Waals surface area contributed by atoms with Crippen LogP contribution in [0.5, 0.6) is 0 Å². The van der Waals surface area contributed by atoms with E-state index in [2.05, 4.69) is 15.0 Å². The molecule has 0 bridgehead atoms. The highest BCUT2D eigenvalue weighted by Gasteiger charge is 2.22. The summed E-state index contributed by atoms with van der Waals surface area (Å²) in [6.45, 7) is 12.6. The second-order valence-corrected chi connectivity index (χ2v) is 5.40. The summed E-state index contributed by atoms with van der Waals surface area (Å²) >= 11 is 0. The fourth-order valence-electron chi connectivity index (χ4n) is 1.72. The first kappa shape index (κ1) is 18.0. The van der Waals surface area contributed by atoms with E-state index < -0.39 is 5.54 Å². The third kappa shape index (κ3) is 6.99. The molecule has 0 aliphatic carbocycles. The monoisotopic (exact) mass is 300 g/mol. The van der Waals surface area contributed by atoms with Crippen molar-refractivity contribution in [2.24, 2.45) is 5.73 Å². The first-order chi connectivity index (χ1) is 9.97. The van der Waals surface area contributed by atoms with E-state index in [9.17, 15) is 0 Å². The lowest BCUT2D eigenvalue weighted by Gasteiger charge is -2.20. The van der Waals surface area contributed by atoms with Crippen molar-refractivity contribution in [3.8, 4) is 0 Å². The van der Waals surface area contributed by atoms with Crippen LogP contribution in [0, 0.1) is 0 Å². The number of hydrogen-bond acceptors (Lipinski definition) is 7. The molecule has 21 heavy (non-hydrogen) atoms. The second kappa shape index (κ2) is 9.09. The fourth-order valence-corrected chi connectivity index (χ4v) is 1.72. The number of aromatic nitrogens is 2. The van der Waals surface area contributed by atoms with Crippen molar-refractivity contribution < 1.29 is 14.0 Å². The Morgan fingerprint density at radius 2 is 1.71 bits per heavy atom. The zero-order chi connectivity index (χ0) is 15.7. The summed E-state index contributed by atoms with van der Waals surface area (Å²) in [6, 6.07) is 0. The average Bonchev–Trinajstić information content (AvgIpc) is 2.87. The molecule has 0 spiro atoms. The van der Waals surface area contributed by atoms with Crippen LogP contribution in [0.1, 0.15) is 39.4 Å². The standard InChI is InChI=1S/C14H28N4O3/c1-5-19-9-7-18(8-10-20-6-2)11-12-16-13(17-21-12)14(3,4)15/h5-11,15H2,1-4H3. The van der Waals surface area contributed by atoms with Gasteiger partial charge in [-0.3, -0.25) is 4.90 Å². The van der Waals surface area contributed by atoms with Gasteiger partial charge in [0, 0.05) is 26.3 Å². The van der Waals surface area contributed by atoms with E-state index in [0.29, 0.717) is 44.7 Å². The molecule has 1 heterocycles. The molecule has 0 atom stereocenters. The van der Waals surface area contributed by atoms with Crippen LogP contribution in [0.2, 0.25) is 0 Å². The van der Waals surface area contributed by atoms with E-state index in [4.69, 9.17) is 19.7 Å². The minimum atomic E-state index is -0.594. The number of nitrogens with zero attached hydrogens (tertiary/aromatic N) is 3. The lowest BCUT2D eigenvalue weighted by Crippen LogP contribution is -2.32. The Hall–Kier alpha value is -1.02. The van der Waals surface area contributed by atoms with Gasteiger partial charge < -0.3 is 19.7 Å². The Kier molecular flexibility index (Phi) is 7.81. The van der Waals surface area contributed by atoms with E-state index in [1.54, 1.807) is 0 Å². The maximum atomic E-state index is 5.96. The van der Waals surface area contributed by atoms with Crippen molar-refractivity contribution in [3.63, 3.8) is 0 Å². The molecule has 0 amide bonds. The van der Waals surface area contributed by atoms with Gasteiger partial charge in [0.15, 0.2) is 5.82 Å². The fraction of sp³-hybridized carbons (Fsp3) is 0.857. The molecule has 1 aromatic heterocycles. The van der Waals surface area contributed by atoms with E-state index in [1.165, 1.54) is 0 Å². The lowest BCUT2D eigenvalue weighted by molar-refractivity contribution is 0.0750. The molecule has 0 unspecified atom stereocenters. The summed E-state index contributed by atoms with van der Waals surface area (Å²) in [5.41, 5.74) is 5.36. The van der Waals surface area contributed by atoms with Crippen LogP contribution in [-0.2, 0) is 21.6 Å². The van der Waals surface area contributed by atoms with E-state index >= 15 is 0 Å². The highest BCUT2D eigenvalue weighted by molar-refractivity contribution is 4.98. The molecule has 0 aromatic carbocycles. The van der Waals surface area contributed by atoms with Crippen LogP contribution in [0.25, 0.3) is 0 Å². The molecule has 0 aliphatic rings. The number of hydrogen-bond donors (Lipinski definition) is 1. The van der Waals surface area contributed by atoms with Crippen molar-refractivity contribution >= 4 is 0 Å². The van der Waals surface area contributed by atoms with E-state index in [1.807, 2.05) is 27.7 Å². The van der Waals surface area contributed by atoms with Gasteiger partial charge in [0.25, 0.3) is 0 Å². The van der Waals surface area contributed by atoms with E-state index in [0.717, 1.165) is 13.1 Å². The SMILES string of the molecule is CCOCCN(CCOCC)Cc1nc(C(C)(C)N)no1. The third-order valence-electron chi connectivity index (χ3n) is 2.92. The van der Waals surface area contributed by atoms with Gasteiger partial charge in [-0.2, -0.15) is 4.98 Å². The zero-order valence-corrected chi connectivity index (χ0v) is 13.6. The Morgan fingerprint density at radius 1 is 1.14 bits per heavy atom. The maximum Gasteiger partial charge on any atom is 0.240 e. The van der Waals surface area contributed by atoms with Gasteiger partial charge in [0.1, 0.15) is 0 Å². The van der Waals surface area contributed by atoms with Crippen LogP contribution in [0.4, 0.5) is 0 Å². The van der Waals surface area contributed by atoms with E-state index in [-0.39, 0.29) is 0 Å². The maximum absolute atomic E-state index is 5.96. The number of ether oxygens (including phenoxy) is 2. The zero-order valence-electron chi connectivity index (χ0n) is 13.6. The van der Waals surface area contributed by atoms with Gasteiger partial charge in [-0.05, 0) is 27.7 Å². The van der Waals surface area contributed by atoms with Gasteiger partial charge in [0.2, 0.25) is 5.89 Å². The Bertz CT molecular complexity index is 380. The first-order valence-corrected chi connectivity index (χ1v) is 7.47. The molecule has 122 valence electrons. The van der Waals surface area contributed by atoms with Crippen LogP contribution in [0.15, 0.2) is 4.52 Å². The van der Waals surface area contributed by atoms with Crippen LogP contribution in [0.3, 0.4) is 0 Å². The molecule has 0 aliphatic heterocycles. The number of nitrogens with two attached hydrogens (primary N) is 1. The smallest absolute Gasteiger partial charge is 0.240 e. The van der Waals surface area contributed by atoms with Gasteiger partial charge in [-0.25, -0.2) is 0 Å². The molecule has 0 radical (unpaired) electrons. The molecular weight excluding hydrogens is 272 g/mol. The van der Waals surface area contributed by atoms with Crippen molar-refractivity contribution in [3.05, 3.63) is 11.7 Å². The Balaban J connectivity index is 2.55. The minimum Gasteiger partial charge on any atom is -0.380 e. The van der Waals surface area contributed by atoms with Gasteiger partial charge in [0.05, 0.1) is 25.3 Å². The summed E-state index contributed by atoms with van der Waals surface area (Å²) in [7, 11) is 0. The number of rotatable bonds is 11. The summed E-state index contributed by atoms with van der Waals surface area (Å²) in [5, 5.41) is 3.93. The second-order valence-electron chi connectivity index (χ2n) is 5.40. The minimum absolute atomic E-state index is 0.520. The molecule has 7 heteroatoms. The topological polar surface area (TPSA) is 86.6 Å². The van der Waals surface area contributed by atoms with Gasteiger partial charge in [-0.1, -0.05) is 5.16 Å². The first-order valence-electron chi connectivity index (χ1n) is 7.47. The Morgan fingerprint density at radius 3 is 2.14 bits per heavy atom. The van der Waals surface area contributed by atoms with Crippen LogP contribution >= 0.6 is 0 Å². The molecule has 1 aromatic rings. The van der Waals surface area contributed by atoms with Gasteiger partial charge >= 0.3 is 0 Å². The highest BCUT2D eigenvalue weighted by atomic mass is 16.5. The van der Waals surface area contributed by atoms with Crippen molar-refractivity contribution in [2.75, 3.05) is 39.5 Å². The molecule has 2 N–H and O–H groups in total. The average molecular weight is 300 g/mol. The largest absolute Gasteiger partial charge is 0.380 e. The highest BCUT2D eigenvalue weighted by Crippen LogP contribution is 2.13. The molecule has 7 nitrogen and oxygen atoms in total. The molecule has 0 fully saturated rings. The van der Waals surface area contributed by atoms with Crippen LogP contribution in [-0.4, -0.2) is 54.6 Å². The normalized spacial score (nSPS) is 12.3. The summed E-state index contributed by atoms with van der Waals surface area (Å²) < 4.78 is 16.1. The summed E-state index contributed by atoms with van der Waals surface area (Å²) in [4.78, 5) is 6.52. The predicted octanol–water partition coefficient (Wildman–Crippen LogP) is 1.14. The van der Waals surface area contributed by atoms with Gasteiger partial charge in [-0.15, -0.1) is 0 Å². The summed E-state index contributed by atoms with van der Waals surface area (Å²) in [5.74, 6) is 1.09. The van der Waals surface area contributed by atoms with Crippen molar-refractivity contribution in [2.45, 2.75) is 39.8 Å². The quantitative estimate of drug-likeness (QED) is 0.613. The molecule has 0 saturated heterocycles. The molecule has 1 rings (SSSR count). The lowest BCUT2D eigenvalue weighted by atomic mass is 10.1. The predicted molar refractivity (Wildman–Crippen MR) is 79.8 cm³/mol. The van der Waals surface area contributed by atoms with Crippen LogP contribution < -0.4 is 5.73 Å². The molecular formula is C14H28N4O3. The van der Waals surface area contributed by atoms with Crippen molar-refractivity contribution in [1.82, 2.24) is 15.0 Å².